The summed E-state index contributed by atoms with van der Waals surface area (Å²) >= 11 is 0. The number of fused-ring (bicyclic) bond motifs is 1. The smallest absolute Gasteiger partial charge is 0.277 e. The average molecular weight is 154 g/mol. The molecule has 2 N–H and O–H groups in total. The third-order valence-corrected chi connectivity index (χ3v) is 2.35. The number of rotatable bonds is 0. The van der Waals surface area contributed by atoms with Crippen LogP contribution in [0.4, 0.5) is 0 Å². The van der Waals surface area contributed by atoms with E-state index in [0.717, 1.165) is 19.3 Å². The van der Waals surface area contributed by atoms with Crippen molar-refractivity contribution in [3.8, 4) is 0 Å². The Hall–Kier alpha value is -0.900. The lowest BCUT2D eigenvalue weighted by molar-refractivity contribution is -0.132. The molecule has 0 saturated heterocycles. The molecule has 1 saturated carbocycles. The highest BCUT2D eigenvalue weighted by molar-refractivity contribution is 6.15. The monoisotopic (exact) mass is 154 g/mol. The van der Waals surface area contributed by atoms with Gasteiger partial charge < -0.3 is 5.11 Å². The van der Waals surface area contributed by atoms with Gasteiger partial charge in [-0.1, -0.05) is 0 Å². The Labute approximate surface area is 64.3 Å². The van der Waals surface area contributed by atoms with Crippen LogP contribution in [0.1, 0.15) is 25.7 Å². The first-order valence-corrected chi connectivity index (χ1v) is 3.83. The van der Waals surface area contributed by atoms with Crippen LogP contribution in [0.2, 0.25) is 0 Å². The molecule has 1 amide bonds. The van der Waals surface area contributed by atoms with Crippen LogP contribution in [0.15, 0.2) is 5.10 Å². The molecule has 60 valence electrons. The zero-order chi connectivity index (χ0) is 7.90. The van der Waals surface area contributed by atoms with Gasteiger partial charge in [0.1, 0.15) is 0 Å². The van der Waals surface area contributed by atoms with E-state index in [4.69, 9.17) is 0 Å². The predicted molar refractivity (Wildman–Crippen MR) is 39.0 cm³/mol. The largest absolute Gasteiger partial charge is 0.374 e. The van der Waals surface area contributed by atoms with Crippen LogP contribution in [-0.2, 0) is 4.79 Å². The molecule has 11 heavy (non-hydrogen) atoms. The molecule has 1 aliphatic heterocycles. The van der Waals surface area contributed by atoms with Gasteiger partial charge in [0, 0.05) is 0 Å². The van der Waals surface area contributed by atoms with Gasteiger partial charge in [0.05, 0.1) is 5.71 Å². The van der Waals surface area contributed by atoms with Crippen LogP contribution in [0.25, 0.3) is 0 Å². The molecule has 0 spiro atoms. The van der Waals surface area contributed by atoms with Crippen molar-refractivity contribution >= 4 is 11.6 Å². The summed E-state index contributed by atoms with van der Waals surface area (Å²) in [6, 6.07) is 0. The van der Waals surface area contributed by atoms with Gasteiger partial charge in [0.15, 0.2) is 5.60 Å². The number of nitrogens with zero attached hydrogens (tertiary/aromatic N) is 1. The minimum Gasteiger partial charge on any atom is -0.374 e. The van der Waals surface area contributed by atoms with Gasteiger partial charge in [-0.3, -0.25) is 4.79 Å². The Kier molecular flexibility index (Phi) is 1.26. The summed E-state index contributed by atoms with van der Waals surface area (Å²) in [6.45, 7) is 0. The van der Waals surface area contributed by atoms with Crippen molar-refractivity contribution in [1.29, 1.82) is 0 Å². The van der Waals surface area contributed by atoms with Gasteiger partial charge in [0.25, 0.3) is 5.91 Å². The van der Waals surface area contributed by atoms with E-state index in [-0.39, 0.29) is 5.91 Å². The van der Waals surface area contributed by atoms with Crippen molar-refractivity contribution in [2.45, 2.75) is 31.3 Å². The number of hydrazone groups is 1. The average Bonchev–Trinajstić information content (AvgIpc) is 2.29. The van der Waals surface area contributed by atoms with Crippen LogP contribution in [-0.4, -0.2) is 22.3 Å². The molecule has 1 atom stereocenters. The fourth-order valence-corrected chi connectivity index (χ4v) is 1.63. The molecular formula is C7H10N2O2. The summed E-state index contributed by atoms with van der Waals surface area (Å²) in [6.07, 6.45) is 3.20. The lowest BCUT2D eigenvalue weighted by Gasteiger charge is -2.25. The van der Waals surface area contributed by atoms with Crippen LogP contribution in [0, 0.1) is 0 Å². The number of carbonyl (C=O) groups is 1. The number of amides is 1. The SMILES string of the molecule is O=C1NN=C2CCCC[C@@]12O. The van der Waals surface area contributed by atoms with Crippen LogP contribution < -0.4 is 5.43 Å². The first kappa shape index (κ1) is 6.79. The molecule has 0 bridgehead atoms. The van der Waals surface area contributed by atoms with Crippen molar-refractivity contribution in [3.05, 3.63) is 0 Å². The zero-order valence-corrected chi connectivity index (χ0v) is 6.13. The molecule has 2 rings (SSSR count). The van der Waals surface area contributed by atoms with E-state index in [2.05, 4.69) is 10.5 Å². The topological polar surface area (TPSA) is 61.7 Å². The standard InChI is InChI=1S/C7H10N2O2/c10-6-7(11)4-2-1-3-5(7)8-9-6/h11H,1-4H2,(H,9,10)/t7-/m0/s1. The van der Waals surface area contributed by atoms with Gasteiger partial charge in [-0.25, -0.2) is 5.43 Å². The summed E-state index contributed by atoms with van der Waals surface area (Å²) < 4.78 is 0. The Morgan fingerprint density at radius 3 is 3.09 bits per heavy atom. The molecule has 0 aromatic heterocycles. The molecule has 0 aromatic rings. The van der Waals surface area contributed by atoms with Gasteiger partial charge in [-0.15, -0.1) is 0 Å². The van der Waals surface area contributed by atoms with E-state index in [0.29, 0.717) is 12.1 Å². The second kappa shape index (κ2) is 2.04. The quantitative estimate of drug-likeness (QED) is 0.506. The first-order chi connectivity index (χ1) is 5.23. The summed E-state index contributed by atoms with van der Waals surface area (Å²) in [4.78, 5) is 11.1. The molecule has 2 aliphatic rings. The lowest BCUT2D eigenvalue weighted by Crippen LogP contribution is -2.47. The second-order valence-corrected chi connectivity index (χ2v) is 3.07. The Bertz CT molecular complexity index is 237. The van der Waals surface area contributed by atoms with E-state index < -0.39 is 5.60 Å². The zero-order valence-electron chi connectivity index (χ0n) is 6.13. The van der Waals surface area contributed by atoms with Crippen molar-refractivity contribution < 1.29 is 9.90 Å². The minimum atomic E-state index is -1.25. The summed E-state index contributed by atoms with van der Waals surface area (Å²) in [5, 5.41) is 13.5. The number of aliphatic hydroxyl groups is 1. The number of nitrogens with one attached hydrogen (secondary N) is 1. The Morgan fingerprint density at radius 2 is 2.36 bits per heavy atom. The number of carbonyl (C=O) groups excluding carboxylic acids is 1. The maximum absolute atomic E-state index is 11.1. The van der Waals surface area contributed by atoms with Gasteiger partial charge in [0.2, 0.25) is 0 Å². The van der Waals surface area contributed by atoms with E-state index in [9.17, 15) is 9.90 Å². The highest BCUT2D eigenvalue weighted by atomic mass is 16.3. The fraction of sp³-hybridized carbons (Fsp3) is 0.714. The Morgan fingerprint density at radius 1 is 1.55 bits per heavy atom. The van der Waals surface area contributed by atoms with E-state index >= 15 is 0 Å². The maximum Gasteiger partial charge on any atom is 0.277 e. The van der Waals surface area contributed by atoms with Gasteiger partial charge >= 0.3 is 0 Å². The van der Waals surface area contributed by atoms with Crippen LogP contribution in [0.5, 0.6) is 0 Å². The van der Waals surface area contributed by atoms with Crippen LogP contribution in [0.3, 0.4) is 0 Å². The first-order valence-electron chi connectivity index (χ1n) is 3.83. The molecular weight excluding hydrogens is 144 g/mol. The highest BCUT2D eigenvalue weighted by Crippen LogP contribution is 2.28. The second-order valence-electron chi connectivity index (χ2n) is 3.07. The predicted octanol–water partition coefficient (Wildman–Crippen LogP) is -0.223. The summed E-state index contributed by atoms with van der Waals surface area (Å²) in [5.74, 6) is -0.354. The van der Waals surface area contributed by atoms with Crippen molar-refractivity contribution in [2.24, 2.45) is 5.10 Å². The minimum absolute atomic E-state index is 0.354. The summed E-state index contributed by atoms with van der Waals surface area (Å²) in [5.41, 5.74) is 1.67. The third kappa shape index (κ3) is 0.790. The lowest BCUT2D eigenvalue weighted by atomic mass is 9.83. The van der Waals surface area contributed by atoms with Crippen molar-refractivity contribution in [3.63, 3.8) is 0 Å². The fourth-order valence-electron chi connectivity index (χ4n) is 1.63. The van der Waals surface area contributed by atoms with Crippen molar-refractivity contribution in [1.82, 2.24) is 5.43 Å². The third-order valence-electron chi connectivity index (χ3n) is 2.35. The normalized spacial score (nSPS) is 36.1. The van der Waals surface area contributed by atoms with E-state index in [1.165, 1.54) is 0 Å². The Balaban J connectivity index is 2.32. The van der Waals surface area contributed by atoms with E-state index in [1.807, 2.05) is 0 Å². The van der Waals surface area contributed by atoms with Crippen LogP contribution >= 0.6 is 0 Å². The van der Waals surface area contributed by atoms with Gasteiger partial charge in [-0.05, 0) is 25.7 Å². The summed E-state index contributed by atoms with van der Waals surface area (Å²) in [7, 11) is 0. The highest BCUT2D eigenvalue weighted by Gasteiger charge is 2.46. The molecule has 1 fully saturated rings. The molecule has 4 nitrogen and oxygen atoms in total. The van der Waals surface area contributed by atoms with E-state index in [1.54, 1.807) is 0 Å². The molecule has 0 radical (unpaired) electrons. The number of hydrogen-bond donors (Lipinski definition) is 2. The molecule has 4 heteroatoms. The molecule has 0 aromatic carbocycles. The molecule has 1 aliphatic carbocycles. The maximum atomic E-state index is 11.1. The van der Waals surface area contributed by atoms with Gasteiger partial charge in [-0.2, -0.15) is 5.10 Å². The number of hydrogen-bond acceptors (Lipinski definition) is 3. The molecule has 1 heterocycles. The van der Waals surface area contributed by atoms with Crippen molar-refractivity contribution in [2.75, 3.05) is 0 Å². The molecule has 0 unspecified atom stereocenters.